The number of nitrogens with one attached hydrogen (secondary N) is 1. The van der Waals surface area contributed by atoms with Crippen LogP contribution in [0.2, 0.25) is 0 Å². The number of hydrogen-bond acceptors (Lipinski definition) is 4. The monoisotopic (exact) mass is 316 g/mol. The predicted molar refractivity (Wildman–Crippen MR) is 78.0 cm³/mol. The molecule has 0 aliphatic carbocycles. The van der Waals surface area contributed by atoms with Gasteiger partial charge in [-0.25, -0.2) is 12.8 Å². The maximum Gasteiger partial charge on any atom is 0.245 e. The van der Waals surface area contributed by atoms with Crippen molar-refractivity contribution in [2.45, 2.75) is 30.4 Å². The highest BCUT2D eigenvalue weighted by molar-refractivity contribution is 7.89. The van der Waals surface area contributed by atoms with Gasteiger partial charge in [0.1, 0.15) is 10.7 Å². The van der Waals surface area contributed by atoms with E-state index in [1.165, 1.54) is 23.5 Å². The Kier molecular flexibility index (Phi) is 5.32. The van der Waals surface area contributed by atoms with Crippen molar-refractivity contribution in [3.8, 4) is 0 Å². The van der Waals surface area contributed by atoms with Crippen LogP contribution in [-0.2, 0) is 21.3 Å². The Hall–Kier alpha value is -1.02. The Labute approximate surface area is 125 Å². The first-order valence-electron chi connectivity index (χ1n) is 6.96. The molecule has 1 aliphatic heterocycles. The predicted octanol–water partition coefficient (Wildman–Crippen LogP) is 1.34. The van der Waals surface area contributed by atoms with Crippen molar-refractivity contribution >= 4 is 10.0 Å². The highest BCUT2D eigenvalue weighted by Gasteiger charge is 2.28. The van der Waals surface area contributed by atoms with E-state index < -0.39 is 15.8 Å². The first-order valence-corrected chi connectivity index (χ1v) is 8.40. The molecule has 0 amide bonds. The number of ether oxygens (including phenoxy) is 1. The molecule has 1 atom stereocenters. The van der Waals surface area contributed by atoms with E-state index in [-0.39, 0.29) is 17.5 Å². The molecule has 7 heteroatoms. The minimum Gasteiger partial charge on any atom is -0.377 e. The van der Waals surface area contributed by atoms with Gasteiger partial charge in [-0.05, 0) is 37.6 Å². The topological polar surface area (TPSA) is 58.6 Å². The normalized spacial score (nSPS) is 19.3. The summed E-state index contributed by atoms with van der Waals surface area (Å²) < 4.78 is 45.5. The molecule has 1 aromatic carbocycles. The molecule has 0 aromatic heterocycles. The third kappa shape index (κ3) is 3.79. The lowest BCUT2D eigenvalue weighted by Gasteiger charge is -2.21. The molecule has 1 saturated heterocycles. The van der Waals surface area contributed by atoms with Gasteiger partial charge in [0.15, 0.2) is 0 Å². The van der Waals surface area contributed by atoms with Crippen LogP contribution in [0.1, 0.15) is 18.4 Å². The molecule has 118 valence electrons. The Bertz CT molecular complexity index is 586. The fraction of sp³-hybridized carbons (Fsp3) is 0.571. The number of benzene rings is 1. The molecule has 0 bridgehead atoms. The summed E-state index contributed by atoms with van der Waals surface area (Å²) in [6.45, 7) is 1.39. The molecule has 1 aliphatic rings. The summed E-state index contributed by atoms with van der Waals surface area (Å²) in [5.74, 6) is -0.728. The van der Waals surface area contributed by atoms with Gasteiger partial charge in [-0.15, -0.1) is 0 Å². The van der Waals surface area contributed by atoms with E-state index in [0.717, 1.165) is 18.4 Å². The SMILES string of the molecule is CNCc1ccc(F)c(S(=O)(=O)N(C)CC2CCCO2)c1. The van der Waals surface area contributed by atoms with Crippen LogP contribution in [0.3, 0.4) is 0 Å². The Morgan fingerprint density at radius 1 is 1.48 bits per heavy atom. The standard InChI is InChI=1S/C14H21FN2O3S/c1-16-9-11-5-6-13(15)14(8-11)21(18,19)17(2)10-12-4-3-7-20-12/h5-6,8,12,16H,3-4,7,9-10H2,1-2H3. The Morgan fingerprint density at radius 2 is 2.24 bits per heavy atom. The summed E-state index contributed by atoms with van der Waals surface area (Å²) in [4.78, 5) is -0.282. The number of nitrogens with zero attached hydrogens (tertiary/aromatic N) is 1. The molecular weight excluding hydrogens is 295 g/mol. The van der Waals surface area contributed by atoms with Gasteiger partial charge in [-0.2, -0.15) is 4.31 Å². The van der Waals surface area contributed by atoms with Gasteiger partial charge in [0, 0.05) is 26.7 Å². The van der Waals surface area contributed by atoms with E-state index >= 15 is 0 Å². The molecule has 0 radical (unpaired) electrons. The highest BCUT2D eigenvalue weighted by Crippen LogP contribution is 2.22. The minimum atomic E-state index is -3.85. The van der Waals surface area contributed by atoms with Gasteiger partial charge in [-0.1, -0.05) is 6.07 Å². The van der Waals surface area contributed by atoms with Crippen molar-refractivity contribution in [3.05, 3.63) is 29.6 Å². The van der Waals surface area contributed by atoms with E-state index in [9.17, 15) is 12.8 Å². The number of rotatable bonds is 6. The van der Waals surface area contributed by atoms with Crippen LogP contribution < -0.4 is 5.32 Å². The van der Waals surface area contributed by atoms with E-state index in [2.05, 4.69) is 5.32 Å². The molecule has 0 spiro atoms. The highest BCUT2D eigenvalue weighted by atomic mass is 32.2. The second-order valence-corrected chi connectivity index (χ2v) is 7.23. The van der Waals surface area contributed by atoms with E-state index in [4.69, 9.17) is 4.74 Å². The zero-order valence-electron chi connectivity index (χ0n) is 12.3. The number of sulfonamides is 1. The fourth-order valence-electron chi connectivity index (χ4n) is 2.40. The van der Waals surface area contributed by atoms with Crippen molar-refractivity contribution < 1.29 is 17.5 Å². The smallest absolute Gasteiger partial charge is 0.245 e. The number of halogens is 1. The summed E-state index contributed by atoms with van der Waals surface area (Å²) in [5.41, 5.74) is 0.725. The Balaban J connectivity index is 2.22. The summed E-state index contributed by atoms with van der Waals surface area (Å²) in [6.07, 6.45) is 1.67. The second kappa shape index (κ2) is 6.83. The van der Waals surface area contributed by atoms with Crippen LogP contribution >= 0.6 is 0 Å². The van der Waals surface area contributed by atoms with E-state index in [1.54, 1.807) is 13.1 Å². The van der Waals surface area contributed by atoms with Crippen molar-refractivity contribution in [1.82, 2.24) is 9.62 Å². The van der Waals surface area contributed by atoms with Gasteiger partial charge in [0.05, 0.1) is 6.10 Å². The summed E-state index contributed by atoms with van der Waals surface area (Å²) in [5, 5.41) is 2.92. The molecular formula is C14H21FN2O3S. The van der Waals surface area contributed by atoms with Gasteiger partial charge >= 0.3 is 0 Å². The fourth-order valence-corrected chi connectivity index (χ4v) is 3.71. The van der Waals surface area contributed by atoms with Crippen LogP contribution in [-0.4, -0.2) is 46.1 Å². The molecule has 1 N–H and O–H groups in total. The summed E-state index contributed by atoms with van der Waals surface area (Å²) in [7, 11) is -0.637. The van der Waals surface area contributed by atoms with Gasteiger partial charge in [0.25, 0.3) is 0 Å². The van der Waals surface area contributed by atoms with Crippen molar-refractivity contribution in [2.75, 3.05) is 27.2 Å². The lowest BCUT2D eigenvalue weighted by molar-refractivity contribution is 0.0978. The molecule has 0 saturated carbocycles. The molecule has 1 unspecified atom stereocenters. The lowest BCUT2D eigenvalue weighted by Crippen LogP contribution is -2.34. The summed E-state index contributed by atoms with van der Waals surface area (Å²) >= 11 is 0. The number of likely N-dealkylation sites (N-methyl/N-ethyl adjacent to an activating group) is 1. The average Bonchev–Trinajstić information content (AvgIpc) is 2.94. The van der Waals surface area contributed by atoms with Crippen molar-refractivity contribution in [2.24, 2.45) is 0 Å². The van der Waals surface area contributed by atoms with Crippen LogP contribution in [0, 0.1) is 5.82 Å². The zero-order chi connectivity index (χ0) is 15.5. The number of hydrogen-bond donors (Lipinski definition) is 1. The first-order chi connectivity index (χ1) is 9.95. The molecule has 5 nitrogen and oxygen atoms in total. The average molecular weight is 316 g/mol. The maximum absolute atomic E-state index is 13.9. The largest absolute Gasteiger partial charge is 0.377 e. The van der Waals surface area contributed by atoms with Gasteiger partial charge in [-0.3, -0.25) is 0 Å². The Morgan fingerprint density at radius 3 is 2.86 bits per heavy atom. The second-order valence-electron chi connectivity index (χ2n) is 5.22. The third-order valence-electron chi connectivity index (χ3n) is 3.55. The molecule has 1 heterocycles. The quantitative estimate of drug-likeness (QED) is 0.860. The lowest BCUT2D eigenvalue weighted by atomic mass is 10.2. The molecule has 1 aromatic rings. The van der Waals surface area contributed by atoms with Crippen LogP contribution in [0.15, 0.2) is 23.1 Å². The van der Waals surface area contributed by atoms with E-state index in [0.29, 0.717) is 13.2 Å². The molecule has 1 fully saturated rings. The first kappa shape index (κ1) is 16.4. The molecule has 2 rings (SSSR count). The van der Waals surface area contributed by atoms with Crippen LogP contribution in [0.5, 0.6) is 0 Å². The minimum absolute atomic E-state index is 0.103. The van der Waals surface area contributed by atoms with Crippen molar-refractivity contribution in [3.63, 3.8) is 0 Å². The van der Waals surface area contributed by atoms with Gasteiger partial charge < -0.3 is 10.1 Å². The van der Waals surface area contributed by atoms with Gasteiger partial charge in [0.2, 0.25) is 10.0 Å². The van der Waals surface area contributed by atoms with Crippen LogP contribution in [0.4, 0.5) is 4.39 Å². The third-order valence-corrected chi connectivity index (χ3v) is 5.39. The van der Waals surface area contributed by atoms with Crippen LogP contribution in [0.25, 0.3) is 0 Å². The van der Waals surface area contributed by atoms with E-state index in [1.807, 2.05) is 0 Å². The maximum atomic E-state index is 13.9. The molecule has 21 heavy (non-hydrogen) atoms. The van der Waals surface area contributed by atoms with Crippen molar-refractivity contribution in [1.29, 1.82) is 0 Å². The summed E-state index contributed by atoms with van der Waals surface area (Å²) in [6, 6.07) is 4.15. The zero-order valence-corrected chi connectivity index (χ0v) is 13.1.